The maximum atomic E-state index is 12.4. The lowest BCUT2D eigenvalue weighted by Crippen LogP contribution is -2.33. The third-order valence-corrected chi connectivity index (χ3v) is 3.28. The van der Waals surface area contributed by atoms with Gasteiger partial charge >= 0.3 is 16.9 Å². The minimum Gasteiger partial charge on any atom is -0.253 e. The van der Waals surface area contributed by atoms with Gasteiger partial charge in [-0.15, -0.1) is 4.48 Å². The fourth-order valence-corrected chi connectivity index (χ4v) is 2.29. The molecule has 1 saturated carbocycles. The van der Waals surface area contributed by atoms with Gasteiger partial charge in [-0.1, -0.05) is 19.3 Å². The van der Waals surface area contributed by atoms with E-state index in [0.29, 0.717) is 12.8 Å². The van der Waals surface area contributed by atoms with Crippen LogP contribution >= 0.6 is 0 Å². The van der Waals surface area contributed by atoms with Gasteiger partial charge in [0.2, 0.25) is 0 Å². The van der Waals surface area contributed by atoms with E-state index in [1.54, 1.807) is 0 Å². The summed E-state index contributed by atoms with van der Waals surface area (Å²) < 4.78 is 60.5. The highest BCUT2D eigenvalue weighted by Crippen LogP contribution is 2.24. The first-order valence-corrected chi connectivity index (χ1v) is 5.96. The Morgan fingerprint density at radius 3 is 2.20 bits per heavy atom. The van der Waals surface area contributed by atoms with Gasteiger partial charge in [0.15, 0.2) is 0 Å². The van der Waals surface area contributed by atoms with Crippen LogP contribution in [0.4, 0.5) is 13.3 Å². The predicted molar refractivity (Wildman–Crippen MR) is 45.8 cm³/mol. The highest BCUT2D eigenvalue weighted by atomic mass is 32.2. The molecule has 1 rings (SSSR count). The first-order chi connectivity index (χ1) is 6.93. The molecule has 0 aliphatic heterocycles. The Labute approximate surface area is 86.2 Å². The summed E-state index contributed by atoms with van der Waals surface area (Å²) in [5, 5.41) is 0. The van der Waals surface area contributed by atoms with Gasteiger partial charge in [0.25, 0.3) is 0 Å². The van der Waals surface area contributed by atoms with Crippen molar-refractivity contribution in [3.05, 3.63) is 0 Å². The minimum absolute atomic E-state index is 0.455. The van der Waals surface area contributed by atoms with Crippen molar-refractivity contribution < 1.29 is 25.9 Å². The molecule has 0 aromatic rings. The number of halogens is 3. The zero-order valence-electron chi connectivity index (χ0n) is 7.90. The van der Waals surface area contributed by atoms with E-state index >= 15 is 0 Å². The van der Waals surface area contributed by atoms with Gasteiger partial charge in [-0.3, -0.25) is 4.18 Å². The zero-order chi connectivity index (χ0) is 11.5. The first-order valence-electron chi connectivity index (χ1n) is 4.60. The van der Waals surface area contributed by atoms with Crippen molar-refractivity contribution in [1.82, 2.24) is 4.53 Å². The molecule has 0 bridgehead atoms. The van der Waals surface area contributed by atoms with Crippen LogP contribution in [-0.2, 0) is 14.5 Å². The van der Waals surface area contributed by atoms with E-state index in [4.69, 9.17) is 0 Å². The number of nitrogens with zero attached hydrogens (tertiary/aromatic N) is 1. The van der Waals surface area contributed by atoms with Gasteiger partial charge in [0.1, 0.15) is 0 Å². The monoisotopic (exact) mass is 247 g/mol. The molecule has 1 aliphatic rings. The van der Waals surface area contributed by atoms with Crippen LogP contribution in [0.5, 0.6) is 0 Å². The van der Waals surface area contributed by atoms with E-state index in [1.165, 1.54) is 0 Å². The van der Waals surface area contributed by atoms with Crippen molar-refractivity contribution in [2.75, 3.05) is 0 Å². The van der Waals surface area contributed by atoms with Crippen molar-refractivity contribution >= 4 is 10.3 Å². The summed E-state index contributed by atoms with van der Waals surface area (Å²) in [5.74, 6) is 0. The van der Waals surface area contributed by atoms with Crippen LogP contribution in [0.1, 0.15) is 32.1 Å². The van der Waals surface area contributed by atoms with Crippen molar-refractivity contribution in [2.45, 2.75) is 44.8 Å². The van der Waals surface area contributed by atoms with Crippen molar-refractivity contribution in [3.63, 3.8) is 0 Å². The van der Waals surface area contributed by atoms with Crippen LogP contribution in [0, 0.1) is 0 Å². The van der Waals surface area contributed by atoms with Gasteiger partial charge in [0.05, 0.1) is 10.6 Å². The molecule has 0 radical (unpaired) electrons. The molecular formula is C7H12F3NO3S. The Morgan fingerprint density at radius 2 is 1.73 bits per heavy atom. The molecule has 0 saturated heterocycles. The SMILES string of the molecule is O=S(=O)(OC1CCCCC1)N(F)C(F)F. The average molecular weight is 247 g/mol. The lowest BCUT2D eigenvalue weighted by atomic mass is 9.98. The summed E-state index contributed by atoms with van der Waals surface area (Å²) >= 11 is 0. The van der Waals surface area contributed by atoms with E-state index in [1.807, 2.05) is 0 Å². The summed E-state index contributed by atoms with van der Waals surface area (Å²) in [6, 6.07) is 0. The molecule has 4 nitrogen and oxygen atoms in total. The van der Waals surface area contributed by atoms with Gasteiger partial charge in [0, 0.05) is 0 Å². The van der Waals surface area contributed by atoms with Gasteiger partial charge in [-0.2, -0.15) is 17.2 Å². The Bertz CT molecular complexity index is 290. The summed E-state index contributed by atoms with van der Waals surface area (Å²) in [4.78, 5) is 0. The summed E-state index contributed by atoms with van der Waals surface area (Å²) in [6.45, 7) is -3.72. The smallest absolute Gasteiger partial charge is 0.253 e. The molecule has 0 unspecified atom stereocenters. The van der Waals surface area contributed by atoms with Crippen LogP contribution in [0.3, 0.4) is 0 Å². The molecule has 0 atom stereocenters. The van der Waals surface area contributed by atoms with Gasteiger partial charge < -0.3 is 0 Å². The number of hydrogen-bond acceptors (Lipinski definition) is 3. The number of rotatable bonds is 4. The standard InChI is InChI=1S/C7H12F3NO3S/c8-7(9)11(10)15(12,13)14-6-4-2-1-3-5-6/h6-7H,1-5H2. The Morgan fingerprint density at radius 1 is 1.20 bits per heavy atom. The second-order valence-electron chi connectivity index (χ2n) is 3.33. The van der Waals surface area contributed by atoms with Gasteiger partial charge in [-0.05, 0) is 12.8 Å². The number of alkyl halides is 2. The summed E-state index contributed by atoms with van der Waals surface area (Å²) in [7, 11) is -4.94. The molecule has 1 fully saturated rings. The summed E-state index contributed by atoms with van der Waals surface area (Å²) in [5.41, 5.74) is 0. The van der Waals surface area contributed by atoms with E-state index in [2.05, 4.69) is 4.18 Å². The maximum absolute atomic E-state index is 12.4. The second-order valence-corrected chi connectivity index (χ2v) is 4.73. The average Bonchev–Trinajstić information content (AvgIpc) is 2.17. The van der Waals surface area contributed by atoms with Crippen molar-refractivity contribution in [1.29, 1.82) is 0 Å². The molecule has 0 aromatic carbocycles. The Balaban J connectivity index is 2.55. The van der Waals surface area contributed by atoms with E-state index in [9.17, 15) is 21.7 Å². The summed E-state index contributed by atoms with van der Waals surface area (Å²) in [6.07, 6.45) is 2.71. The second kappa shape index (κ2) is 5.13. The van der Waals surface area contributed by atoms with Crippen LogP contribution in [0.25, 0.3) is 0 Å². The normalized spacial score (nSPS) is 20.1. The molecular weight excluding hydrogens is 235 g/mol. The minimum atomic E-state index is -4.94. The Hall–Kier alpha value is -0.340. The van der Waals surface area contributed by atoms with Crippen molar-refractivity contribution in [3.8, 4) is 0 Å². The molecule has 0 N–H and O–H groups in total. The molecule has 90 valence electrons. The molecule has 8 heteroatoms. The Kier molecular flexibility index (Phi) is 4.35. The van der Waals surface area contributed by atoms with E-state index in [0.717, 1.165) is 19.3 Å². The largest absolute Gasteiger partial charge is 0.370 e. The fourth-order valence-electron chi connectivity index (χ4n) is 1.47. The zero-order valence-corrected chi connectivity index (χ0v) is 8.72. The van der Waals surface area contributed by atoms with E-state index < -0.39 is 27.5 Å². The highest BCUT2D eigenvalue weighted by Gasteiger charge is 2.34. The third kappa shape index (κ3) is 3.62. The number of hydrogen-bond donors (Lipinski definition) is 0. The maximum Gasteiger partial charge on any atom is 0.370 e. The van der Waals surface area contributed by atoms with Crippen LogP contribution in [-0.4, -0.2) is 25.6 Å². The lowest BCUT2D eigenvalue weighted by molar-refractivity contribution is -0.0851. The highest BCUT2D eigenvalue weighted by molar-refractivity contribution is 7.84. The molecule has 1 aliphatic carbocycles. The predicted octanol–water partition coefficient (Wildman–Crippen LogP) is 1.99. The molecule has 15 heavy (non-hydrogen) atoms. The first kappa shape index (κ1) is 12.7. The van der Waals surface area contributed by atoms with Crippen LogP contribution < -0.4 is 0 Å². The third-order valence-electron chi connectivity index (χ3n) is 2.18. The quantitative estimate of drug-likeness (QED) is 0.563. The molecule has 0 amide bonds. The van der Waals surface area contributed by atoms with Crippen molar-refractivity contribution in [2.24, 2.45) is 0 Å². The molecule has 0 heterocycles. The van der Waals surface area contributed by atoms with Crippen LogP contribution in [0.2, 0.25) is 0 Å². The van der Waals surface area contributed by atoms with Gasteiger partial charge in [-0.25, -0.2) is 0 Å². The van der Waals surface area contributed by atoms with E-state index in [-0.39, 0.29) is 0 Å². The fraction of sp³-hybridized carbons (Fsp3) is 1.00. The topological polar surface area (TPSA) is 46.6 Å². The molecule has 0 aromatic heterocycles. The van der Waals surface area contributed by atoms with Crippen LogP contribution in [0.15, 0.2) is 0 Å². The lowest BCUT2D eigenvalue weighted by Gasteiger charge is -2.22. The molecule has 0 spiro atoms.